The summed E-state index contributed by atoms with van der Waals surface area (Å²) in [4.78, 5) is 16.2. The van der Waals surface area contributed by atoms with Gasteiger partial charge in [-0.3, -0.25) is 4.79 Å². The van der Waals surface area contributed by atoms with Crippen molar-refractivity contribution in [1.29, 1.82) is 0 Å². The van der Waals surface area contributed by atoms with Crippen molar-refractivity contribution >= 4 is 17.3 Å². The molecule has 0 bridgehead atoms. The molecule has 2 N–H and O–H groups in total. The van der Waals surface area contributed by atoms with E-state index in [0.29, 0.717) is 6.54 Å². The van der Waals surface area contributed by atoms with E-state index in [1.54, 1.807) is 4.68 Å². The average Bonchev–Trinajstić information content (AvgIpc) is 3.26. The first-order valence-corrected chi connectivity index (χ1v) is 9.88. The fourth-order valence-corrected chi connectivity index (χ4v) is 3.73. The summed E-state index contributed by atoms with van der Waals surface area (Å²) in [5.41, 5.74) is 5.61. The molecule has 0 spiro atoms. The molecule has 8 heteroatoms. The van der Waals surface area contributed by atoms with Gasteiger partial charge in [0.15, 0.2) is 6.54 Å². The molecule has 1 amide bonds. The summed E-state index contributed by atoms with van der Waals surface area (Å²) < 4.78 is 1.57. The molecule has 2 aromatic carbocycles. The van der Waals surface area contributed by atoms with Gasteiger partial charge in [0, 0.05) is 11.4 Å². The van der Waals surface area contributed by atoms with E-state index in [0.717, 1.165) is 37.6 Å². The Hall–Kier alpha value is -3.26. The number of hydrogen-bond acceptors (Lipinski definition) is 5. The van der Waals surface area contributed by atoms with E-state index >= 15 is 0 Å². The number of nitrogens with zero attached hydrogens (tertiary/aromatic N) is 5. The number of nitrogens with one attached hydrogen (secondary N) is 2. The van der Waals surface area contributed by atoms with Crippen molar-refractivity contribution in [3.8, 4) is 5.69 Å². The van der Waals surface area contributed by atoms with Crippen LogP contribution in [0.4, 0.5) is 11.4 Å². The maximum absolute atomic E-state index is 12.5. The second kappa shape index (κ2) is 8.40. The number of carbonyl (C=O) groups excluding carboxylic acids is 1. The third-order valence-electron chi connectivity index (χ3n) is 5.56. The van der Waals surface area contributed by atoms with E-state index in [9.17, 15) is 4.79 Å². The number of hydrogen-bond donors (Lipinski definition) is 2. The normalized spacial score (nSPS) is 14.8. The Bertz CT molecular complexity index is 961. The highest BCUT2D eigenvalue weighted by atomic mass is 16.2. The van der Waals surface area contributed by atoms with Gasteiger partial charge < -0.3 is 15.1 Å². The summed E-state index contributed by atoms with van der Waals surface area (Å²) >= 11 is 0. The number of amides is 1. The molecule has 8 nitrogen and oxygen atoms in total. The molecule has 1 fully saturated rings. The Morgan fingerprint density at radius 1 is 1.10 bits per heavy atom. The first-order valence-electron chi connectivity index (χ1n) is 9.88. The van der Waals surface area contributed by atoms with Crippen molar-refractivity contribution in [2.24, 2.45) is 0 Å². The summed E-state index contributed by atoms with van der Waals surface area (Å²) in [5.74, 6) is 0.0374. The van der Waals surface area contributed by atoms with E-state index in [4.69, 9.17) is 0 Å². The van der Waals surface area contributed by atoms with Gasteiger partial charge >= 0.3 is 0 Å². The van der Waals surface area contributed by atoms with Crippen molar-refractivity contribution in [2.45, 2.75) is 13.8 Å². The van der Waals surface area contributed by atoms with Gasteiger partial charge in [-0.2, -0.15) is 0 Å². The van der Waals surface area contributed by atoms with Crippen LogP contribution in [0.1, 0.15) is 11.1 Å². The minimum atomic E-state index is 0.0374. The predicted octanol–water partition coefficient (Wildman–Crippen LogP) is 0.623. The minimum absolute atomic E-state index is 0.0374. The van der Waals surface area contributed by atoms with Crippen LogP contribution in [0.15, 0.2) is 48.8 Å². The van der Waals surface area contributed by atoms with Crippen molar-refractivity contribution in [3.63, 3.8) is 0 Å². The number of piperazine rings is 1. The number of aryl methyl sites for hydroxylation is 1. The summed E-state index contributed by atoms with van der Waals surface area (Å²) in [5, 5.41) is 14.1. The molecule has 1 aliphatic heterocycles. The van der Waals surface area contributed by atoms with Crippen LogP contribution in [0.2, 0.25) is 0 Å². The van der Waals surface area contributed by atoms with Crippen molar-refractivity contribution in [3.05, 3.63) is 59.9 Å². The molecule has 0 unspecified atom stereocenters. The molecular formula is C21H26N7O+. The van der Waals surface area contributed by atoms with Gasteiger partial charge in [0.05, 0.1) is 31.9 Å². The number of tetrazole rings is 1. The third kappa shape index (κ3) is 4.43. The van der Waals surface area contributed by atoms with Gasteiger partial charge in [0.25, 0.3) is 5.91 Å². The second-order valence-electron chi connectivity index (χ2n) is 7.48. The van der Waals surface area contributed by atoms with E-state index < -0.39 is 0 Å². The first kappa shape index (κ1) is 19.1. The number of anilines is 2. The Balaban J connectivity index is 1.28. The lowest BCUT2D eigenvalue weighted by atomic mass is 10.1. The molecule has 0 saturated carbocycles. The quantitative estimate of drug-likeness (QED) is 0.666. The Labute approximate surface area is 170 Å². The van der Waals surface area contributed by atoms with E-state index in [1.165, 1.54) is 28.0 Å². The summed E-state index contributed by atoms with van der Waals surface area (Å²) in [7, 11) is 0. The molecule has 0 radical (unpaired) electrons. The molecule has 1 aliphatic rings. The molecule has 2 heterocycles. The number of rotatable bonds is 5. The maximum Gasteiger partial charge on any atom is 0.279 e. The first-order chi connectivity index (χ1) is 14.1. The van der Waals surface area contributed by atoms with Crippen LogP contribution in [0, 0.1) is 13.8 Å². The smallest absolute Gasteiger partial charge is 0.279 e. The summed E-state index contributed by atoms with van der Waals surface area (Å²) in [6.45, 7) is 8.66. The topological polar surface area (TPSA) is 80.4 Å². The van der Waals surface area contributed by atoms with E-state index in [2.05, 4.69) is 57.8 Å². The van der Waals surface area contributed by atoms with Crippen LogP contribution >= 0.6 is 0 Å². The van der Waals surface area contributed by atoms with Gasteiger partial charge in [-0.25, -0.2) is 4.68 Å². The standard InChI is InChI=1S/C21H25N7O/c1-16-4-3-5-20(17(16)2)27-12-10-26(11-13-27)14-21(29)23-18-6-8-19(9-7-18)28-15-22-24-25-28/h3-9,15H,10-14H2,1-2H3,(H,23,29)/p+1. The number of carbonyl (C=O) groups is 1. The van der Waals surface area contributed by atoms with Crippen molar-refractivity contribution in [2.75, 3.05) is 42.9 Å². The lowest BCUT2D eigenvalue weighted by Crippen LogP contribution is -3.15. The minimum Gasteiger partial charge on any atom is -0.360 e. The fourth-order valence-electron chi connectivity index (χ4n) is 3.73. The van der Waals surface area contributed by atoms with E-state index in [-0.39, 0.29) is 5.91 Å². The van der Waals surface area contributed by atoms with Gasteiger partial charge in [0.2, 0.25) is 0 Å². The van der Waals surface area contributed by atoms with Crippen LogP contribution in [-0.2, 0) is 4.79 Å². The number of aromatic nitrogens is 4. The van der Waals surface area contributed by atoms with Crippen molar-refractivity contribution < 1.29 is 9.69 Å². The zero-order valence-electron chi connectivity index (χ0n) is 16.8. The Kier molecular flexibility index (Phi) is 5.53. The summed E-state index contributed by atoms with van der Waals surface area (Å²) in [6.07, 6.45) is 1.54. The highest BCUT2D eigenvalue weighted by Gasteiger charge is 2.23. The van der Waals surface area contributed by atoms with Gasteiger partial charge in [-0.05, 0) is 65.7 Å². The SMILES string of the molecule is Cc1cccc(N2CC[NH+](CC(=O)Nc3ccc(-n4cnnn4)cc3)CC2)c1C. The molecule has 0 atom stereocenters. The molecule has 0 aliphatic carbocycles. The Morgan fingerprint density at radius 3 is 2.55 bits per heavy atom. The maximum atomic E-state index is 12.5. The van der Waals surface area contributed by atoms with Gasteiger partial charge in [0.1, 0.15) is 6.33 Å². The van der Waals surface area contributed by atoms with Gasteiger partial charge in [-0.1, -0.05) is 12.1 Å². The molecule has 1 saturated heterocycles. The molecular weight excluding hydrogens is 366 g/mol. The lowest BCUT2D eigenvalue weighted by Gasteiger charge is -2.34. The second-order valence-corrected chi connectivity index (χ2v) is 7.48. The lowest BCUT2D eigenvalue weighted by molar-refractivity contribution is -0.892. The molecule has 3 aromatic rings. The predicted molar refractivity (Wildman–Crippen MR) is 111 cm³/mol. The molecule has 4 rings (SSSR count). The number of benzene rings is 2. The van der Waals surface area contributed by atoms with Crippen LogP contribution in [0.25, 0.3) is 5.69 Å². The van der Waals surface area contributed by atoms with E-state index in [1.807, 2.05) is 24.3 Å². The summed E-state index contributed by atoms with van der Waals surface area (Å²) in [6, 6.07) is 13.9. The zero-order valence-corrected chi connectivity index (χ0v) is 16.8. The molecule has 1 aromatic heterocycles. The monoisotopic (exact) mass is 392 g/mol. The number of quaternary nitrogens is 1. The van der Waals surface area contributed by atoms with Crippen LogP contribution in [-0.4, -0.2) is 58.8 Å². The fraction of sp³-hybridized carbons (Fsp3) is 0.333. The van der Waals surface area contributed by atoms with Crippen LogP contribution in [0.5, 0.6) is 0 Å². The molecule has 150 valence electrons. The largest absolute Gasteiger partial charge is 0.360 e. The van der Waals surface area contributed by atoms with Crippen LogP contribution in [0.3, 0.4) is 0 Å². The molecule has 29 heavy (non-hydrogen) atoms. The average molecular weight is 392 g/mol. The highest BCUT2D eigenvalue weighted by Crippen LogP contribution is 2.22. The van der Waals surface area contributed by atoms with Crippen molar-refractivity contribution in [1.82, 2.24) is 20.2 Å². The zero-order chi connectivity index (χ0) is 20.2. The Morgan fingerprint density at radius 2 is 1.86 bits per heavy atom. The third-order valence-corrected chi connectivity index (χ3v) is 5.56. The van der Waals surface area contributed by atoms with Crippen LogP contribution < -0.4 is 15.1 Å². The highest BCUT2D eigenvalue weighted by molar-refractivity contribution is 5.91. The van der Waals surface area contributed by atoms with Gasteiger partial charge in [-0.15, -0.1) is 5.10 Å².